The Hall–Kier alpha value is -0.830. The van der Waals surface area contributed by atoms with Crippen molar-refractivity contribution in [3.8, 4) is 0 Å². The fraction of sp³-hybridized carbons (Fsp3) is 0.333. The highest BCUT2D eigenvalue weighted by Crippen LogP contribution is 2.42. The van der Waals surface area contributed by atoms with Crippen LogP contribution in [0.3, 0.4) is 0 Å². The molecule has 0 aliphatic heterocycles. The van der Waals surface area contributed by atoms with E-state index < -0.39 is 0 Å². The maximum Gasteiger partial charge on any atom is 0.0406 e. The second kappa shape index (κ2) is 6.51. The summed E-state index contributed by atoms with van der Waals surface area (Å²) >= 11 is 9.49. The molecule has 0 amide bonds. The molecule has 0 aromatic heterocycles. The average molecular weight is 365 g/mol. The first-order chi connectivity index (χ1) is 10.1. The molecule has 1 aliphatic carbocycles. The van der Waals surface area contributed by atoms with E-state index in [2.05, 4.69) is 64.6 Å². The summed E-state index contributed by atoms with van der Waals surface area (Å²) in [6, 6.07) is 17.6. The molecule has 3 rings (SSSR count). The molecule has 21 heavy (non-hydrogen) atoms. The summed E-state index contributed by atoms with van der Waals surface area (Å²) in [6.07, 6.45) is 2.63. The van der Waals surface area contributed by atoms with Crippen molar-refractivity contribution in [2.24, 2.45) is 5.92 Å². The second-order valence-electron chi connectivity index (χ2n) is 5.81. The summed E-state index contributed by atoms with van der Waals surface area (Å²) in [5, 5.41) is 4.59. The minimum atomic E-state index is 0.333. The van der Waals surface area contributed by atoms with Gasteiger partial charge in [0.05, 0.1) is 0 Å². The largest absolute Gasteiger partial charge is 0.303 e. The van der Waals surface area contributed by atoms with Gasteiger partial charge in [-0.3, -0.25) is 0 Å². The van der Waals surface area contributed by atoms with Gasteiger partial charge in [0.25, 0.3) is 0 Å². The number of hydrogen-bond acceptors (Lipinski definition) is 1. The van der Waals surface area contributed by atoms with Crippen molar-refractivity contribution in [1.29, 1.82) is 0 Å². The first-order valence-electron chi connectivity index (χ1n) is 7.40. The van der Waals surface area contributed by atoms with Crippen LogP contribution in [0, 0.1) is 5.92 Å². The summed E-state index contributed by atoms with van der Waals surface area (Å²) in [5.41, 5.74) is 2.66. The van der Waals surface area contributed by atoms with Gasteiger partial charge in [0.1, 0.15) is 0 Å². The van der Waals surface area contributed by atoms with Gasteiger partial charge in [-0.2, -0.15) is 0 Å². The zero-order chi connectivity index (χ0) is 14.8. The summed E-state index contributed by atoms with van der Waals surface area (Å²) in [5.74, 6) is 0.754. The fourth-order valence-corrected chi connectivity index (χ4v) is 3.11. The van der Waals surface area contributed by atoms with E-state index >= 15 is 0 Å². The molecule has 2 atom stereocenters. The van der Waals surface area contributed by atoms with Crippen LogP contribution in [0.1, 0.15) is 43.0 Å². The lowest BCUT2D eigenvalue weighted by atomic mass is 9.99. The van der Waals surface area contributed by atoms with E-state index in [1.165, 1.54) is 24.0 Å². The highest BCUT2D eigenvalue weighted by atomic mass is 79.9. The van der Waals surface area contributed by atoms with E-state index in [4.69, 9.17) is 11.6 Å². The molecule has 1 saturated carbocycles. The Morgan fingerprint density at radius 1 is 1.00 bits per heavy atom. The van der Waals surface area contributed by atoms with E-state index in [9.17, 15) is 0 Å². The van der Waals surface area contributed by atoms with Crippen LogP contribution in [0.15, 0.2) is 53.0 Å². The number of rotatable bonds is 5. The van der Waals surface area contributed by atoms with Gasteiger partial charge in [0.2, 0.25) is 0 Å². The highest BCUT2D eigenvalue weighted by Gasteiger charge is 2.33. The highest BCUT2D eigenvalue weighted by molar-refractivity contribution is 9.10. The fourth-order valence-electron chi connectivity index (χ4n) is 2.72. The summed E-state index contributed by atoms with van der Waals surface area (Å²) in [7, 11) is 0. The Morgan fingerprint density at radius 3 is 2.14 bits per heavy atom. The van der Waals surface area contributed by atoms with Crippen molar-refractivity contribution in [1.82, 2.24) is 5.32 Å². The van der Waals surface area contributed by atoms with Crippen LogP contribution in [-0.2, 0) is 0 Å². The van der Waals surface area contributed by atoms with Gasteiger partial charge >= 0.3 is 0 Å². The molecule has 1 nitrogen and oxygen atoms in total. The Balaban J connectivity index is 1.76. The SMILES string of the molecule is C[C@H](NC(c1ccc(Cl)cc1)C1CC1)c1ccc(Br)cc1. The topological polar surface area (TPSA) is 12.0 Å². The molecule has 1 fully saturated rings. The summed E-state index contributed by atoms with van der Waals surface area (Å²) < 4.78 is 1.12. The van der Waals surface area contributed by atoms with Crippen molar-refractivity contribution in [3.05, 3.63) is 69.2 Å². The van der Waals surface area contributed by atoms with Gasteiger partial charge in [0.15, 0.2) is 0 Å². The summed E-state index contributed by atoms with van der Waals surface area (Å²) in [4.78, 5) is 0. The quantitative estimate of drug-likeness (QED) is 0.696. The molecule has 0 saturated heterocycles. The minimum Gasteiger partial charge on any atom is -0.303 e. The van der Waals surface area contributed by atoms with E-state index in [0.29, 0.717) is 12.1 Å². The van der Waals surface area contributed by atoms with Gasteiger partial charge < -0.3 is 5.32 Å². The van der Waals surface area contributed by atoms with Crippen LogP contribution in [0.2, 0.25) is 5.02 Å². The van der Waals surface area contributed by atoms with Crippen LogP contribution in [0.25, 0.3) is 0 Å². The van der Waals surface area contributed by atoms with Gasteiger partial charge in [-0.15, -0.1) is 0 Å². The van der Waals surface area contributed by atoms with Crippen molar-refractivity contribution in [3.63, 3.8) is 0 Å². The van der Waals surface area contributed by atoms with E-state index in [0.717, 1.165) is 15.4 Å². The zero-order valence-electron chi connectivity index (χ0n) is 12.0. The van der Waals surface area contributed by atoms with E-state index in [1.807, 2.05) is 12.1 Å². The molecule has 2 aromatic carbocycles. The van der Waals surface area contributed by atoms with Gasteiger partial charge in [0, 0.05) is 21.6 Å². The maximum atomic E-state index is 6.00. The first-order valence-corrected chi connectivity index (χ1v) is 8.57. The molecule has 1 aliphatic rings. The molecule has 0 heterocycles. The van der Waals surface area contributed by atoms with E-state index in [-0.39, 0.29) is 0 Å². The van der Waals surface area contributed by atoms with Gasteiger partial charge in [-0.05, 0) is 61.1 Å². The average Bonchev–Trinajstić information content (AvgIpc) is 3.31. The Morgan fingerprint density at radius 2 is 1.57 bits per heavy atom. The number of hydrogen-bond donors (Lipinski definition) is 1. The first kappa shape index (κ1) is 15.1. The molecule has 0 bridgehead atoms. The molecular formula is C18H19BrClN. The van der Waals surface area contributed by atoms with E-state index in [1.54, 1.807) is 0 Å². The standard InChI is InChI=1S/C18H19BrClN/c1-12(13-4-8-16(19)9-5-13)21-18(14-2-3-14)15-6-10-17(20)11-7-15/h4-12,14,18,21H,2-3H2,1H3/t12-,18?/m0/s1. The summed E-state index contributed by atoms with van der Waals surface area (Å²) in [6.45, 7) is 2.23. The minimum absolute atomic E-state index is 0.333. The Labute approximate surface area is 139 Å². The lowest BCUT2D eigenvalue weighted by Gasteiger charge is -2.24. The third-order valence-corrected chi connectivity index (χ3v) is 4.90. The molecule has 110 valence electrons. The normalized spacial score (nSPS) is 17.5. The molecule has 1 unspecified atom stereocenters. The third-order valence-electron chi connectivity index (χ3n) is 4.12. The third kappa shape index (κ3) is 3.88. The second-order valence-corrected chi connectivity index (χ2v) is 7.16. The number of nitrogens with one attached hydrogen (secondary N) is 1. The van der Waals surface area contributed by atoms with Crippen LogP contribution in [0.5, 0.6) is 0 Å². The molecule has 0 radical (unpaired) electrons. The predicted molar refractivity (Wildman–Crippen MR) is 92.6 cm³/mol. The zero-order valence-corrected chi connectivity index (χ0v) is 14.4. The molecule has 2 aromatic rings. The van der Waals surface area contributed by atoms with Crippen LogP contribution in [-0.4, -0.2) is 0 Å². The number of halogens is 2. The lowest BCUT2D eigenvalue weighted by molar-refractivity contribution is 0.427. The van der Waals surface area contributed by atoms with Crippen LogP contribution in [0.4, 0.5) is 0 Å². The van der Waals surface area contributed by atoms with Crippen molar-refractivity contribution >= 4 is 27.5 Å². The van der Waals surface area contributed by atoms with Crippen LogP contribution >= 0.6 is 27.5 Å². The molecule has 0 spiro atoms. The van der Waals surface area contributed by atoms with Crippen LogP contribution < -0.4 is 5.32 Å². The van der Waals surface area contributed by atoms with Gasteiger partial charge in [-0.1, -0.05) is 51.8 Å². The lowest BCUT2D eigenvalue weighted by Crippen LogP contribution is -2.26. The molecular weight excluding hydrogens is 346 g/mol. The van der Waals surface area contributed by atoms with Gasteiger partial charge in [-0.25, -0.2) is 0 Å². The smallest absolute Gasteiger partial charge is 0.0406 e. The monoisotopic (exact) mass is 363 g/mol. The van der Waals surface area contributed by atoms with Crippen molar-refractivity contribution in [2.75, 3.05) is 0 Å². The predicted octanol–water partition coefficient (Wildman–Crippen LogP) is 5.90. The molecule has 3 heteroatoms. The Bertz CT molecular complexity index is 590. The van der Waals surface area contributed by atoms with Crippen molar-refractivity contribution in [2.45, 2.75) is 31.8 Å². The number of benzene rings is 2. The molecule has 1 N–H and O–H groups in total. The maximum absolute atomic E-state index is 6.00. The van der Waals surface area contributed by atoms with Crippen molar-refractivity contribution < 1.29 is 0 Å². The Kier molecular flexibility index (Phi) is 4.68.